The van der Waals surface area contributed by atoms with E-state index in [1.54, 1.807) is 0 Å². The Hall–Kier alpha value is -0.120. The molecule has 2 aliphatic rings. The van der Waals surface area contributed by atoms with Gasteiger partial charge in [0.2, 0.25) is 0 Å². The summed E-state index contributed by atoms with van der Waals surface area (Å²) >= 11 is 0. The molecule has 0 radical (unpaired) electrons. The standard InChI is InChI=1S/C12H24N2O/c1-13-12(9-15)6-5-11(7-12)14(2)8-10-3-4-10/h10-11,13,15H,3-9H2,1-2H3. The van der Waals surface area contributed by atoms with Crippen molar-refractivity contribution in [1.29, 1.82) is 0 Å². The fraction of sp³-hybridized carbons (Fsp3) is 1.00. The molecule has 15 heavy (non-hydrogen) atoms. The molecule has 2 aliphatic carbocycles. The maximum absolute atomic E-state index is 9.43. The SMILES string of the molecule is CNC1(CO)CCC(N(C)CC2CC2)C1. The lowest BCUT2D eigenvalue weighted by molar-refractivity contribution is 0.156. The van der Waals surface area contributed by atoms with E-state index in [9.17, 15) is 5.11 Å². The molecule has 2 N–H and O–H groups in total. The van der Waals surface area contributed by atoms with E-state index in [0.29, 0.717) is 6.04 Å². The largest absolute Gasteiger partial charge is 0.394 e. The van der Waals surface area contributed by atoms with E-state index in [1.165, 1.54) is 25.8 Å². The smallest absolute Gasteiger partial charge is 0.0613 e. The van der Waals surface area contributed by atoms with Crippen LogP contribution >= 0.6 is 0 Å². The lowest BCUT2D eigenvalue weighted by Gasteiger charge is -2.29. The molecule has 0 aliphatic heterocycles. The Morgan fingerprint density at radius 2 is 2.13 bits per heavy atom. The normalized spacial score (nSPS) is 36.4. The van der Waals surface area contributed by atoms with Crippen LogP contribution < -0.4 is 5.32 Å². The van der Waals surface area contributed by atoms with Crippen molar-refractivity contribution in [2.24, 2.45) is 5.92 Å². The van der Waals surface area contributed by atoms with Gasteiger partial charge in [-0.3, -0.25) is 0 Å². The third kappa shape index (κ3) is 2.52. The molecule has 0 aromatic rings. The first-order valence-electron chi connectivity index (χ1n) is 6.19. The lowest BCUT2D eigenvalue weighted by Crippen LogP contribution is -2.45. The molecule has 3 nitrogen and oxygen atoms in total. The van der Waals surface area contributed by atoms with E-state index in [0.717, 1.165) is 18.8 Å². The van der Waals surface area contributed by atoms with Crippen molar-refractivity contribution >= 4 is 0 Å². The maximum atomic E-state index is 9.43. The molecule has 2 rings (SSSR count). The highest BCUT2D eigenvalue weighted by Gasteiger charge is 2.39. The first kappa shape index (κ1) is 11.4. The number of aliphatic hydroxyl groups is 1. The first-order valence-corrected chi connectivity index (χ1v) is 6.19. The van der Waals surface area contributed by atoms with Crippen molar-refractivity contribution in [3.63, 3.8) is 0 Å². The topological polar surface area (TPSA) is 35.5 Å². The Kier molecular flexibility index (Phi) is 3.33. The van der Waals surface area contributed by atoms with Crippen LogP contribution in [0.25, 0.3) is 0 Å². The van der Waals surface area contributed by atoms with Crippen molar-refractivity contribution in [3.8, 4) is 0 Å². The number of aliphatic hydroxyl groups excluding tert-OH is 1. The lowest BCUT2D eigenvalue weighted by atomic mass is 9.99. The van der Waals surface area contributed by atoms with E-state index >= 15 is 0 Å². The summed E-state index contributed by atoms with van der Waals surface area (Å²) < 4.78 is 0. The van der Waals surface area contributed by atoms with Gasteiger partial charge in [0.1, 0.15) is 0 Å². The predicted molar refractivity (Wildman–Crippen MR) is 61.9 cm³/mol. The summed E-state index contributed by atoms with van der Waals surface area (Å²) in [6.07, 6.45) is 6.29. The van der Waals surface area contributed by atoms with Crippen LogP contribution in [0.15, 0.2) is 0 Å². The fourth-order valence-corrected chi connectivity index (χ4v) is 2.78. The highest BCUT2D eigenvalue weighted by Crippen LogP contribution is 2.35. The van der Waals surface area contributed by atoms with Gasteiger partial charge >= 0.3 is 0 Å². The van der Waals surface area contributed by atoms with Crippen molar-refractivity contribution in [2.45, 2.75) is 43.7 Å². The zero-order valence-corrected chi connectivity index (χ0v) is 10.00. The third-order valence-electron chi connectivity index (χ3n) is 4.28. The molecule has 0 spiro atoms. The van der Waals surface area contributed by atoms with Crippen LogP contribution in [0.3, 0.4) is 0 Å². The molecule has 0 saturated heterocycles. The van der Waals surface area contributed by atoms with Crippen LogP contribution in [0.2, 0.25) is 0 Å². The van der Waals surface area contributed by atoms with Gasteiger partial charge in [-0.05, 0) is 52.1 Å². The molecule has 2 saturated carbocycles. The number of hydrogen-bond donors (Lipinski definition) is 2. The number of nitrogens with one attached hydrogen (secondary N) is 1. The van der Waals surface area contributed by atoms with Gasteiger partial charge in [0.15, 0.2) is 0 Å². The maximum Gasteiger partial charge on any atom is 0.0613 e. The van der Waals surface area contributed by atoms with Crippen LogP contribution in [0.4, 0.5) is 0 Å². The minimum absolute atomic E-state index is 0.00246. The Labute approximate surface area is 92.8 Å². The van der Waals surface area contributed by atoms with Crippen LogP contribution in [-0.2, 0) is 0 Å². The molecular formula is C12H24N2O. The molecule has 2 unspecified atom stereocenters. The molecule has 3 heteroatoms. The van der Waals surface area contributed by atoms with Crippen molar-refractivity contribution in [1.82, 2.24) is 10.2 Å². The van der Waals surface area contributed by atoms with Gasteiger partial charge in [-0.1, -0.05) is 0 Å². The average molecular weight is 212 g/mol. The average Bonchev–Trinajstić information content (AvgIpc) is 2.96. The Morgan fingerprint density at radius 3 is 2.60 bits per heavy atom. The second-order valence-corrected chi connectivity index (χ2v) is 5.47. The van der Waals surface area contributed by atoms with Gasteiger partial charge < -0.3 is 15.3 Å². The minimum Gasteiger partial charge on any atom is -0.394 e. The summed E-state index contributed by atoms with van der Waals surface area (Å²) in [7, 11) is 4.21. The quantitative estimate of drug-likeness (QED) is 0.708. The van der Waals surface area contributed by atoms with E-state index in [-0.39, 0.29) is 12.1 Å². The minimum atomic E-state index is 0.00246. The van der Waals surface area contributed by atoms with Gasteiger partial charge in [-0.25, -0.2) is 0 Å². The van der Waals surface area contributed by atoms with Gasteiger partial charge in [0.05, 0.1) is 6.61 Å². The molecule has 2 fully saturated rings. The highest BCUT2D eigenvalue weighted by atomic mass is 16.3. The van der Waals surface area contributed by atoms with E-state index in [1.807, 2.05) is 7.05 Å². The zero-order chi connectivity index (χ0) is 10.9. The molecule has 0 heterocycles. The van der Waals surface area contributed by atoms with Crippen LogP contribution in [0, 0.1) is 5.92 Å². The first-order chi connectivity index (χ1) is 7.19. The number of nitrogens with zero attached hydrogens (tertiary/aromatic N) is 1. The number of rotatable bonds is 5. The summed E-state index contributed by atoms with van der Waals surface area (Å²) in [5, 5.41) is 12.7. The Morgan fingerprint density at radius 1 is 1.40 bits per heavy atom. The summed E-state index contributed by atoms with van der Waals surface area (Å²) in [4.78, 5) is 2.51. The van der Waals surface area contributed by atoms with Crippen molar-refractivity contribution in [2.75, 3.05) is 27.2 Å². The molecule has 0 bridgehead atoms. The van der Waals surface area contributed by atoms with Crippen molar-refractivity contribution in [3.05, 3.63) is 0 Å². The Bertz CT molecular complexity index is 212. The molecular weight excluding hydrogens is 188 g/mol. The van der Waals surface area contributed by atoms with Gasteiger partial charge in [-0.2, -0.15) is 0 Å². The summed E-state index contributed by atoms with van der Waals surface area (Å²) in [6.45, 7) is 1.53. The van der Waals surface area contributed by atoms with E-state index in [4.69, 9.17) is 0 Å². The molecule has 0 amide bonds. The highest BCUT2D eigenvalue weighted by molar-refractivity contribution is 4.98. The van der Waals surface area contributed by atoms with Gasteiger partial charge in [-0.15, -0.1) is 0 Å². The second-order valence-electron chi connectivity index (χ2n) is 5.47. The van der Waals surface area contributed by atoms with Crippen LogP contribution in [0.1, 0.15) is 32.1 Å². The summed E-state index contributed by atoms with van der Waals surface area (Å²) in [5.74, 6) is 0.966. The zero-order valence-electron chi connectivity index (χ0n) is 10.00. The molecule has 88 valence electrons. The molecule has 0 aromatic carbocycles. The third-order valence-corrected chi connectivity index (χ3v) is 4.28. The monoisotopic (exact) mass is 212 g/mol. The number of likely N-dealkylation sites (N-methyl/N-ethyl adjacent to an activating group) is 1. The van der Waals surface area contributed by atoms with E-state index < -0.39 is 0 Å². The number of hydrogen-bond acceptors (Lipinski definition) is 3. The van der Waals surface area contributed by atoms with Crippen LogP contribution in [0.5, 0.6) is 0 Å². The summed E-state index contributed by atoms with van der Waals surface area (Å²) in [6, 6.07) is 0.671. The second kappa shape index (κ2) is 4.40. The van der Waals surface area contributed by atoms with Gasteiger partial charge in [0, 0.05) is 18.1 Å². The fourth-order valence-electron chi connectivity index (χ4n) is 2.78. The van der Waals surface area contributed by atoms with E-state index in [2.05, 4.69) is 17.3 Å². The molecule has 0 aromatic heterocycles. The molecule has 2 atom stereocenters. The predicted octanol–water partition coefficient (Wildman–Crippen LogP) is 0.831. The Balaban J connectivity index is 1.84. The van der Waals surface area contributed by atoms with Gasteiger partial charge in [0.25, 0.3) is 0 Å². The van der Waals surface area contributed by atoms with Crippen LogP contribution in [-0.4, -0.2) is 48.8 Å². The summed E-state index contributed by atoms with van der Waals surface area (Å²) in [5.41, 5.74) is 0.00246. The van der Waals surface area contributed by atoms with Crippen molar-refractivity contribution < 1.29 is 5.11 Å².